The normalized spacial score (nSPS) is 13.1. The molecule has 2 aliphatic heterocycles. The summed E-state index contributed by atoms with van der Waals surface area (Å²) in [6, 6.07) is 43.0. The summed E-state index contributed by atoms with van der Waals surface area (Å²) in [6.45, 7) is 11.6. The van der Waals surface area contributed by atoms with E-state index in [1.165, 1.54) is 23.5 Å². The van der Waals surface area contributed by atoms with E-state index in [0.717, 1.165) is 38.5 Å². The summed E-state index contributed by atoms with van der Waals surface area (Å²) in [7, 11) is -3.67. The van der Waals surface area contributed by atoms with Crippen LogP contribution in [0.3, 0.4) is 0 Å². The van der Waals surface area contributed by atoms with E-state index in [4.69, 9.17) is 0 Å². The van der Waals surface area contributed by atoms with Crippen LogP contribution >= 0.6 is 0 Å². The molecule has 233 valence electrons. The van der Waals surface area contributed by atoms with Crippen molar-refractivity contribution < 1.29 is 37.8 Å². The van der Waals surface area contributed by atoms with Gasteiger partial charge in [-0.15, -0.1) is 5.69 Å². The van der Waals surface area contributed by atoms with Crippen LogP contribution in [0.15, 0.2) is 115 Å². The van der Waals surface area contributed by atoms with Crippen molar-refractivity contribution in [1.29, 1.82) is 0 Å². The fourth-order valence-electron chi connectivity index (χ4n) is 4.35. The third-order valence-electron chi connectivity index (χ3n) is 6.17. The molecule has 4 aromatic carbocycles. The van der Waals surface area contributed by atoms with E-state index in [2.05, 4.69) is 137 Å². The van der Waals surface area contributed by atoms with Crippen LogP contribution in [0.4, 0.5) is 35.7 Å². The smallest absolute Gasteiger partial charge is 0.762 e. The monoisotopic (exact) mass is 770 g/mol. The van der Waals surface area contributed by atoms with Gasteiger partial charge in [-0.3, -0.25) is 12.9 Å². The van der Waals surface area contributed by atoms with Crippen molar-refractivity contribution in [1.82, 2.24) is 0 Å². The molecule has 1 radical (unpaired) electrons. The molecule has 0 saturated carbocycles. The quantitative estimate of drug-likeness (QED) is 0.161. The van der Waals surface area contributed by atoms with Crippen molar-refractivity contribution in [2.45, 2.75) is 20.3 Å². The van der Waals surface area contributed by atoms with E-state index >= 15 is 0 Å². The predicted octanol–water partition coefficient (Wildman–Crippen LogP) is 5.20. The third-order valence-corrected chi connectivity index (χ3v) is 6.17. The molecule has 0 atom stereocenters. The number of benzene rings is 4. The second-order valence-corrected chi connectivity index (χ2v) is 9.38. The summed E-state index contributed by atoms with van der Waals surface area (Å²) in [4.78, 5) is 9.31. The molecule has 43 heavy (non-hydrogen) atoms. The molecule has 10 heteroatoms. The number of hydrogen-bond acceptors (Lipinski definition) is 4. The zero-order valence-electron chi connectivity index (χ0n) is 24.5. The number of rotatable bonds is 4. The Kier molecular flexibility index (Phi) is 18.5. The average molecular weight is 770 g/mol. The Morgan fingerprint density at radius 1 is 0.628 bits per heavy atom. The Morgan fingerprint density at radius 3 is 1.44 bits per heavy atom. The SMILES string of the molecule is CCC.FB(F)F.[F-].[Ir].[c-]1ccccc1N1[CH-]N(c2ccccc2)CC1.c1ccc(N2CCN(c3ccccc3)C2)cc1. The van der Waals surface area contributed by atoms with Crippen molar-refractivity contribution in [2.75, 3.05) is 52.4 Å². The third kappa shape index (κ3) is 13.1. The molecule has 4 aromatic rings. The summed E-state index contributed by atoms with van der Waals surface area (Å²) in [6.07, 6.45) is 1.25. The van der Waals surface area contributed by atoms with Crippen molar-refractivity contribution >= 4 is 30.3 Å². The van der Waals surface area contributed by atoms with Crippen LogP contribution in [0.25, 0.3) is 0 Å². The van der Waals surface area contributed by atoms with Gasteiger partial charge >= 0.3 is 7.54 Å². The molecule has 2 aliphatic rings. The topological polar surface area (TPSA) is 13.0 Å². The summed E-state index contributed by atoms with van der Waals surface area (Å²) >= 11 is 0. The van der Waals surface area contributed by atoms with Crippen LogP contribution in [0.1, 0.15) is 20.3 Å². The first-order valence-corrected chi connectivity index (χ1v) is 13.9. The molecule has 0 bridgehead atoms. The first-order chi connectivity index (χ1) is 20.0. The van der Waals surface area contributed by atoms with Crippen LogP contribution < -0.4 is 24.3 Å². The zero-order chi connectivity index (χ0) is 29.3. The van der Waals surface area contributed by atoms with Gasteiger partial charge in [0.2, 0.25) is 0 Å². The predicted molar refractivity (Wildman–Crippen MR) is 168 cm³/mol. The van der Waals surface area contributed by atoms with Crippen LogP contribution in [0, 0.1) is 12.7 Å². The fourth-order valence-corrected chi connectivity index (χ4v) is 4.35. The van der Waals surface area contributed by atoms with Gasteiger partial charge in [-0.25, -0.2) is 0 Å². The zero-order valence-corrected chi connectivity index (χ0v) is 26.9. The number of nitrogens with zero attached hydrogens (tertiary/aromatic N) is 4. The first kappa shape index (κ1) is 37.5. The summed E-state index contributed by atoms with van der Waals surface area (Å²) in [5, 5.41) is 0. The molecule has 0 aromatic heterocycles. The standard InChI is InChI=1S/C15H16N2.C15H14N2.C3H8.BF3.FH.Ir/c2*1-3-7-14(8-4-1)16-11-12-17(13-16)15-9-5-2-6-10-15;1-3-2;2-1(3)4;;/h1-10H,11-13H2;1-9,13H,11-12H2;3H2,1-2H3;;1H;/q;-2;;;;/p-1. The molecule has 2 heterocycles. The first-order valence-electron chi connectivity index (χ1n) is 13.9. The second kappa shape index (κ2) is 21.2. The van der Waals surface area contributed by atoms with E-state index in [9.17, 15) is 12.9 Å². The van der Waals surface area contributed by atoms with Gasteiger partial charge in [0.1, 0.15) is 0 Å². The molecular formula is C33H38BF4IrN4-3. The maximum atomic E-state index is 9.67. The minimum Gasteiger partial charge on any atom is -1.00 e. The Morgan fingerprint density at radius 2 is 1.02 bits per heavy atom. The van der Waals surface area contributed by atoms with Crippen molar-refractivity contribution in [3.63, 3.8) is 0 Å². The Bertz CT molecular complexity index is 1030. The van der Waals surface area contributed by atoms with Crippen molar-refractivity contribution in [3.05, 3.63) is 128 Å². The van der Waals surface area contributed by atoms with E-state index in [-0.39, 0.29) is 24.8 Å². The molecule has 2 fully saturated rings. The largest absolute Gasteiger partial charge is 1.00 e. The second-order valence-electron chi connectivity index (χ2n) is 9.38. The van der Waals surface area contributed by atoms with Crippen LogP contribution in [-0.2, 0) is 20.1 Å². The van der Waals surface area contributed by atoms with Gasteiger partial charge in [0, 0.05) is 63.3 Å². The minimum absolute atomic E-state index is 0. The minimum atomic E-state index is -3.67. The molecule has 6 rings (SSSR count). The fraction of sp³-hybridized carbons (Fsp3) is 0.242. The molecule has 0 N–H and O–H groups in total. The van der Waals surface area contributed by atoms with Gasteiger partial charge in [-0.2, -0.15) is 37.0 Å². The Labute approximate surface area is 268 Å². The number of anilines is 4. The van der Waals surface area contributed by atoms with E-state index in [1.807, 2.05) is 24.3 Å². The van der Waals surface area contributed by atoms with Crippen LogP contribution in [-0.4, -0.2) is 40.4 Å². The number of hydrogen-bond donors (Lipinski definition) is 0. The van der Waals surface area contributed by atoms with E-state index < -0.39 is 7.54 Å². The maximum absolute atomic E-state index is 9.67. The van der Waals surface area contributed by atoms with E-state index in [1.54, 1.807) is 0 Å². The van der Waals surface area contributed by atoms with Gasteiger partial charge in [-0.05, 0) is 36.4 Å². The molecular weight excluding hydrogens is 731 g/mol. The average Bonchev–Trinajstić information content (AvgIpc) is 3.71. The molecule has 0 aliphatic carbocycles. The molecule has 0 unspecified atom stereocenters. The van der Waals surface area contributed by atoms with Gasteiger partial charge in [0.15, 0.2) is 0 Å². The summed E-state index contributed by atoms with van der Waals surface area (Å²) < 4.78 is 29.0. The van der Waals surface area contributed by atoms with Crippen molar-refractivity contribution in [3.8, 4) is 0 Å². The summed E-state index contributed by atoms with van der Waals surface area (Å²) in [5.74, 6) is 0. The Balaban J connectivity index is 0.000000342. The molecule has 2 saturated heterocycles. The van der Waals surface area contributed by atoms with E-state index in [0.29, 0.717) is 0 Å². The molecule has 4 nitrogen and oxygen atoms in total. The number of halogens is 4. The van der Waals surface area contributed by atoms with Crippen molar-refractivity contribution in [2.24, 2.45) is 0 Å². The van der Waals surface area contributed by atoms with Crippen LogP contribution in [0.2, 0.25) is 0 Å². The van der Waals surface area contributed by atoms with Gasteiger partial charge in [0.05, 0.1) is 6.67 Å². The summed E-state index contributed by atoms with van der Waals surface area (Å²) in [5.41, 5.74) is 4.99. The number of para-hydroxylation sites is 4. The van der Waals surface area contributed by atoms with Crippen LogP contribution in [0.5, 0.6) is 0 Å². The maximum Gasteiger partial charge on any atom is 0.762 e. The molecule has 0 spiro atoms. The Hall–Kier alpha value is -3.49. The van der Waals surface area contributed by atoms with Gasteiger partial charge in [0.25, 0.3) is 0 Å². The molecule has 0 amide bonds. The van der Waals surface area contributed by atoms with Gasteiger partial charge in [-0.1, -0.05) is 74.9 Å². The van der Waals surface area contributed by atoms with Gasteiger partial charge < -0.3 is 24.3 Å².